The Hall–Kier alpha value is -1.98. The van der Waals surface area contributed by atoms with Gasteiger partial charge < -0.3 is 9.67 Å². The summed E-state index contributed by atoms with van der Waals surface area (Å²) in [5.74, 6) is -0.882. The van der Waals surface area contributed by atoms with Gasteiger partial charge in [-0.1, -0.05) is 53.7 Å². The van der Waals surface area contributed by atoms with Gasteiger partial charge in [-0.2, -0.15) is 0 Å². The molecule has 0 amide bonds. The van der Waals surface area contributed by atoms with Gasteiger partial charge in [0, 0.05) is 5.02 Å². The smallest absolute Gasteiger partial charge is 0.313 e. The number of carboxylic acids is 1. The molecule has 0 saturated heterocycles. The lowest BCUT2D eigenvalue weighted by molar-refractivity contribution is -0.133. The van der Waals surface area contributed by atoms with Gasteiger partial charge in [0.05, 0.1) is 23.3 Å². The fourth-order valence-electron chi connectivity index (χ4n) is 2.24. The lowest BCUT2D eigenvalue weighted by Gasteiger charge is -2.08. The summed E-state index contributed by atoms with van der Waals surface area (Å²) in [5.41, 5.74) is 2.85. The zero-order valence-electron chi connectivity index (χ0n) is 11.6. The van der Waals surface area contributed by atoms with Crippen LogP contribution in [0.4, 0.5) is 0 Å². The summed E-state index contributed by atoms with van der Waals surface area (Å²) < 4.78 is 2.02. The predicted molar refractivity (Wildman–Crippen MR) is 88.6 cm³/mol. The molecule has 112 valence electrons. The molecule has 0 aliphatic heterocycles. The van der Waals surface area contributed by atoms with Gasteiger partial charge >= 0.3 is 5.97 Å². The van der Waals surface area contributed by atoms with E-state index in [4.69, 9.17) is 16.7 Å². The van der Waals surface area contributed by atoms with Crippen LogP contribution in [0.15, 0.2) is 53.7 Å². The summed E-state index contributed by atoms with van der Waals surface area (Å²) in [5, 5.41) is 10.2. The first-order chi connectivity index (χ1) is 10.6. The van der Waals surface area contributed by atoms with Crippen molar-refractivity contribution in [3.8, 4) is 0 Å². The molecular formula is C16H13ClN2O2S. The van der Waals surface area contributed by atoms with Gasteiger partial charge in [0.2, 0.25) is 0 Å². The molecule has 1 N–H and O–H groups in total. The number of halogens is 1. The molecule has 0 radical (unpaired) electrons. The Bertz CT molecular complexity index is 818. The molecule has 0 aliphatic carbocycles. The Morgan fingerprint density at radius 1 is 1.23 bits per heavy atom. The predicted octanol–water partition coefficient (Wildman–Crippen LogP) is 3.91. The number of rotatable bonds is 5. The van der Waals surface area contributed by atoms with Crippen molar-refractivity contribution in [2.24, 2.45) is 0 Å². The van der Waals surface area contributed by atoms with Crippen molar-refractivity contribution in [2.75, 3.05) is 5.75 Å². The zero-order chi connectivity index (χ0) is 15.5. The second-order valence-electron chi connectivity index (χ2n) is 4.78. The molecule has 0 aliphatic rings. The Morgan fingerprint density at radius 3 is 2.73 bits per heavy atom. The molecule has 3 aromatic rings. The quantitative estimate of drug-likeness (QED) is 0.720. The molecule has 0 spiro atoms. The second kappa shape index (κ2) is 6.42. The summed E-state index contributed by atoms with van der Waals surface area (Å²) in [7, 11) is 0. The highest BCUT2D eigenvalue weighted by Crippen LogP contribution is 2.27. The number of fused-ring (bicyclic) bond motifs is 1. The molecule has 0 fully saturated rings. The normalized spacial score (nSPS) is 11.0. The molecule has 0 saturated carbocycles. The highest BCUT2D eigenvalue weighted by molar-refractivity contribution is 7.99. The molecule has 6 heteroatoms. The molecule has 2 aromatic carbocycles. The van der Waals surface area contributed by atoms with E-state index in [1.165, 1.54) is 11.8 Å². The number of hydrogen-bond donors (Lipinski definition) is 1. The number of aliphatic carboxylic acids is 1. The SMILES string of the molecule is O=C(O)CSc1nc2cc(Cl)ccc2n1Cc1ccccc1. The third kappa shape index (κ3) is 3.26. The number of carbonyl (C=O) groups is 1. The Balaban J connectivity index is 2.03. The molecular weight excluding hydrogens is 320 g/mol. The van der Waals surface area contributed by atoms with E-state index in [9.17, 15) is 4.79 Å². The minimum Gasteiger partial charge on any atom is -0.481 e. The Kier molecular flexibility index (Phi) is 4.36. The maximum Gasteiger partial charge on any atom is 0.313 e. The van der Waals surface area contributed by atoms with Crippen LogP contribution in [0.2, 0.25) is 5.02 Å². The van der Waals surface area contributed by atoms with Crippen molar-refractivity contribution < 1.29 is 9.90 Å². The largest absolute Gasteiger partial charge is 0.481 e. The summed E-state index contributed by atoms with van der Waals surface area (Å²) in [4.78, 5) is 15.4. The van der Waals surface area contributed by atoms with Crippen LogP contribution in [0.25, 0.3) is 11.0 Å². The minimum absolute atomic E-state index is 0.0220. The summed E-state index contributed by atoms with van der Waals surface area (Å²) in [6, 6.07) is 15.5. The molecule has 1 heterocycles. The van der Waals surface area contributed by atoms with Crippen LogP contribution in [-0.2, 0) is 11.3 Å². The molecule has 3 rings (SSSR count). The third-order valence-corrected chi connectivity index (χ3v) is 4.38. The topological polar surface area (TPSA) is 55.1 Å². The average molecular weight is 333 g/mol. The van der Waals surface area contributed by atoms with Crippen LogP contribution in [0.5, 0.6) is 0 Å². The Morgan fingerprint density at radius 2 is 2.00 bits per heavy atom. The molecule has 1 aromatic heterocycles. The molecule has 22 heavy (non-hydrogen) atoms. The van der Waals surface area contributed by atoms with Crippen molar-refractivity contribution in [3.63, 3.8) is 0 Å². The van der Waals surface area contributed by atoms with Gasteiger partial charge in [0.15, 0.2) is 5.16 Å². The van der Waals surface area contributed by atoms with Gasteiger partial charge in [-0.25, -0.2) is 4.98 Å². The van der Waals surface area contributed by atoms with Crippen LogP contribution in [0.3, 0.4) is 0 Å². The van der Waals surface area contributed by atoms with Crippen LogP contribution < -0.4 is 0 Å². The number of nitrogens with zero attached hydrogens (tertiary/aromatic N) is 2. The molecule has 0 unspecified atom stereocenters. The summed E-state index contributed by atoms with van der Waals surface area (Å²) in [6.07, 6.45) is 0. The molecule has 0 bridgehead atoms. The van der Waals surface area contributed by atoms with E-state index in [1.807, 2.05) is 47.0 Å². The van der Waals surface area contributed by atoms with Crippen molar-refractivity contribution in [3.05, 3.63) is 59.1 Å². The summed E-state index contributed by atoms with van der Waals surface area (Å²) in [6.45, 7) is 0.640. The number of aromatic nitrogens is 2. The standard InChI is InChI=1S/C16H13ClN2O2S/c17-12-6-7-14-13(8-12)18-16(22-10-15(20)21)19(14)9-11-4-2-1-3-5-11/h1-8H,9-10H2,(H,20,21). The zero-order valence-corrected chi connectivity index (χ0v) is 13.1. The number of hydrogen-bond acceptors (Lipinski definition) is 3. The number of carboxylic acid groups (broad SMARTS) is 1. The van der Waals surface area contributed by atoms with E-state index < -0.39 is 5.97 Å². The lowest BCUT2D eigenvalue weighted by Crippen LogP contribution is -2.04. The first-order valence-electron chi connectivity index (χ1n) is 6.68. The highest BCUT2D eigenvalue weighted by atomic mass is 35.5. The van der Waals surface area contributed by atoms with Crippen LogP contribution >= 0.6 is 23.4 Å². The highest BCUT2D eigenvalue weighted by Gasteiger charge is 2.13. The number of thioether (sulfide) groups is 1. The van der Waals surface area contributed by atoms with Gasteiger partial charge in [-0.3, -0.25) is 4.79 Å². The third-order valence-electron chi connectivity index (χ3n) is 3.18. The van der Waals surface area contributed by atoms with Gasteiger partial charge in [-0.15, -0.1) is 0 Å². The lowest BCUT2D eigenvalue weighted by atomic mass is 10.2. The second-order valence-corrected chi connectivity index (χ2v) is 6.16. The summed E-state index contributed by atoms with van der Waals surface area (Å²) >= 11 is 7.23. The molecule has 4 nitrogen and oxygen atoms in total. The van der Waals surface area contributed by atoms with Crippen LogP contribution in [-0.4, -0.2) is 26.4 Å². The Labute approximate surface area is 136 Å². The number of benzene rings is 2. The van der Waals surface area contributed by atoms with Crippen molar-refractivity contribution in [2.45, 2.75) is 11.7 Å². The fourth-order valence-corrected chi connectivity index (χ4v) is 3.14. The van der Waals surface area contributed by atoms with Gasteiger partial charge in [0.25, 0.3) is 0 Å². The van der Waals surface area contributed by atoms with Gasteiger partial charge in [0.1, 0.15) is 0 Å². The van der Waals surface area contributed by atoms with Crippen LogP contribution in [0, 0.1) is 0 Å². The van der Waals surface area contributed by atoms with Crippen LogP contribution in [0.1, 0.15) is 5.56 Å². The first kappa shape index (κ1) is 14.9. The van der Waals surface area contributed by atoms with E-state index in [1.54, 1.807) is 6.07 Å². The minimum atomic E-state index is -0.860. The van der Waals surface area contributed by atoms with Gasteiger partial charge in [-0.05, 0) is 23.8 Å². The maximum absolute atomic E-state index is 10.8. The van der Waals surface area contributed by atoms with Crippen molar-refractivity contribution >= 4 is 40.4 Å². The van der Waals surface area contributed by atoms with Crippen molar-refractivity contribution in [1.82, 2.24) is 9.55 Å². The van der Waals surface area contributed by atoms with E-state index in [2.05, 4.69) is 4.98 Å². The monoisotopic (exact) mass is 332 g/mol. The van der Waals surface area contributed by atoms with E-state index in [0.29, 0.717) is 16.7 Å². The first-order valence-corrected chi connectivity index (χ1v) is 8.04. The number of imidazole rings is 1. The van der Waals surface area contributed by atoms with Crippen molar-refractivity contribution in [1.29, 1.82) is 0 Å². The van der Waals surface area contributed by atoms with E-state index >= 15 is 0 Å². The van der Waals surface area contributed by atoms with E-state index in [-0.39, 0.29) is 5.75 Å². The fraction of sp³-hybridized carbons (Fsp3) is 0.125. The maximum atomic E-state index is 10.8. The average Bonchev–Trinajstić information content (AvgIpc) is 2.83. The molecule has 0 atom stereocenters. The van der Waals surface area contributed by atoms with E-state index in [0.717, 1.165) is 16.6 Å².